The number of hydrogen-bond acceptors (Lipinski definition) is 3. The van der Waals surface area contributed by atoms with E-state index in [1.54, 1.807) is 16.4 Å². The highest BCUT2D eigenvalue weighted by atomic mass is 32.2. The summed E-state index contributed by atoms with van der Waals surface area (Å²) in [5.74, 6) is -0.0738. The molecule has 1 N–H and O–H groups in total. The number of carbonyl (C=O) groups excluding carboxylic acids is 1. The summed E-state index contributed by atoms with van der Waals surface area (Å²) in [7, 11) is -3.41. The predicted molar refractivity (Wildman–Crippen MR) is 129 cm³/mol. The summed E-state index contributed by atoms with van der Waals surface area (Å²) in [5.41, 5.74) is 5.02. The zero-order valence-corrected chi connectivity index (χ0v) is 19.4. The van der Waals surface area contributed by atoms with Crippen LogP contribution in [0.1, 0.15) is 53.2 Å². The predicted octanol–water partition coefficient (Wildman–Crippen LogP) is 4.95. The molecule has 1 amide bonds. The highest BCUT2D eigenvalue weighted by Gasteiger charge is 2.27. The number of nitrogens with zero attached hydrogens (tertiary/aromatic N) is 1. The minimum absolute atomic E-state index is 0.0484. The van der Waals surface area contributed by atoms with Crippen molar-refractivity contribution < 1.29 is 13.2 Å². The van der Waals surface area contributed by atoms with Crippen LogP contribution in [0.5, 0.6) is 0 Å². The SMILES string of the molecule is O=C(NC1CCCc2ccccc21)c1ccc(-c2ccc(S(=O)(=O)N3CCCC3)cc2)cc1. The van der Waals surface area contributed by atoms with Crippen LogP contribution in [0.4, 0.5) is 0 Å². The van der Waals surface area contributed by atoms with Crippen molar-refractivity contribution in [2.75, 3.05) is 13.1 Å². The molecule has 1 aliphatic heterocycles. The molecule has 5 rings (SSSR count). The van der Waals surface area contributed by atoms with Crippen molar-refractivity contribution in [3.63, 3.8) is 0 Å². The zero-order valence-electron chi connectivity index (χ0n) is 18.5. The van der Waals surface area contributed by atoms with E-state index >= 15 is 0 Å². The van der Waals surface area contributed by atoms with Gasteiger partial charge in [-0.1, -0.05) is 48.5 Å². The lowest BCUT2D eigenvalue weighted by Crippen LogP contribution is -2.30. The van der Waals surface area contributed by atoms with Gasteiger partial charge in [-0.15, -0.1) is 0 Å². The van der Waals surface area contributed by atoms with E-state index in [2.05, 4.69) is 23.5 Å². The Morgan fingerprint density at radius 1 is 0.818 bits per heavy atom. The van der Waals surface area contributed by atoms with Crippen LogP contribution in [0.25, 0.3) is 11.1 Å². The number of rotatable bonds is 5. The molecule has 1 fully saturated rings. The van der Waals surface area contributed by atoms with Gasteiger partial charge >= 0.3 is 0 Å². The van der Waals surface area contributed by atoms with E-state index in [4.69, 9.17) is 0 Å². The van der Waals surface area contributed by atoms with Crippen molar-refractivity contribution in [3.05, 3.63) is 89.5 Å². The van der Waals surface area contributed by atoms with Crippen LogP contribution in [0.15, 0.2) is 77.7 Å². The van der Waals surface area contributed by atoms with Crippen LogP contribution in [0.3, 0.4) is 0 Å². The number of amides is 1. The number of fused-ring (bicyclic) bond motifs is 1. The van der Waals surface area contributed by atoms with Gasteiger partial charge < -0.3 is 5.32 Å². The average molecular weight is 461 g/mol. The van der Waals surface area contributed by atoms with Gasteiger partial charge in [-0.3, -0.25) is 4.79 Å². The molecule has 0 aromatic heterocycles. The van der Waals surface area contributed by atoms with Crippen molar-refractivity contribution in [1.82, 2.24) is 9.62 Å². The first-order valence-electron chi connectivity index (χ1n) is 11.6. The highest BCUT2D eigenvalue weighted by Crippen LogP contribution is 2.30. The number of benzene rings is 3. The maximum absolute atomic E-state index is 12.9. The first kappa shape index (κ1) is 21.9. The number of sulfonamides is 1. The van der Waals surface area contributed by atoms with E-state index in [9.17, 15) is 13.2 Å². The Kier molecular flexibility index (Phi) is 6.04. The number of nitrogens with one attached hydrogen (secondary N) is 1. The highest BCUT2D eigenvalue weighted by molar-refractivity contribution is 7.89. The number of hydrogen-bond donors (Lipinski definition) is 1. The molecule has 6 heteroatoms. The van der Waals surface area contributed by atoms with Crippen molar-refractivity contribution in [1.29, 1.82) is 0 Å². The third-order valence-electron chi connectivity index (χ3n) is 6.71. The molecule has 1 saturated heterocycles. The minimum atomic E-state index is -3.41. The van der Waals surface area contributed by atoms with Crippen LogP contribution in [0.2, 0.25) is 0 Å². The first-order valence-corrected chi connectivity index (χ1v) is 13.1. The quantitative estimate of drug-likeness (QED) is 0.586. The lowest BCUT2D eigenvalue weighted by Gasteiger charge is -2.26. The molecule has 0 spiro atoms. The monoisotopic (exact) mass is 460 g/mol. The van der Waals surface area contributed by atoms with Gasteiger partial charge in [-0.25, -0.2) is 8.42 Å². The van der Waals surface area contributed by atoms with Gasteiger partial charge in [0.05, 0.1) is 10.9 Å². The smallest absolute Gasteiger partial charge is 0.251 e. The summed E-state index contributed by atoms with van der Waals surface area (Å²) in [4.78, 5) is 13.2. The van der Waals surface area contributed by atoms with Gasteiger partial charge in [0.15, 0.2) is 0 Å². The lowest BCUT2D eigenvalue weighted by atomic mass is 9.87. The molecule has 1 unspecified atom stereocenters. The Balaban J connectivity index is 1.28. The fraction of sp³-hybridized carbons (Fsp3) is 0.296. The first-order chi connectivity index (χ1) is 16.0. The van der Waals surface area contributed by atoms with Crippen molar-refractivity contribution >= 4 is 15.9 Å². The third kappa shape index (κ3) is 4.45. The molecule has 170 valence electrons. The zero-order chi connectivity index (χ0) is 22.8. The Hall–Kier alpha value is -2.96. The largest absolute Gasteiger partial charge is 0.345 e. The summed E-state index contributed by atoms with van der Waals surface area (Å²) in [6.07, 6.45) is 4.93. The molecule has 0 saturated carbocycles. The molecule has 0 bridgehead atoms. The molecule has 1 heterocycles. The number of aryl methyl sites for hydroxylation is 1. The molecule has 3 aromatic rings. The van der Waals surface area contributed by atoms with Crippen molar-refractivity contribution in [3.8, 4) is 11.1 Å². The summed E-state index contributed by atoms with van der Waals surface area (Å²) in [5, 5.41) is 3.19. The Morgan fingerprint density at radius 3 is 2.15 bits per heavy atom. The summed E-state index contributed by atoms with van der Waals surface area (Å²) in [6, 6.07) is 22.9. The van der Waals surface area contributed by atoms with Crippen LogP contribution in [0, 0.1) is 0 Å². The van der Waals surface area contributed by atoms with Crippen molar-refractivity contribution in [2.45, 2.75) is 43.0 Å². The summed E-state index contributed by atoms with van der Waals surface area (Å²) < 4.78 is 27.0. The fourth-order valence-corrected chi connectivity index (χ4v) is 6.37. The Bertz CT molecular complexity index is 1250. The van der Waals surface area contributed by atoms with Gasteiger partial charge in [0.25, 0.3) is 5.91 Å². The second-order valence-corrected chi connectivity index (χ2v) is 10.8. The van der Waals surface area contributed by atoms with E-state index in [1.165, 1.54) is 11.1 Å². The topological polar surface area (TPSA) is 66.5 Å². The molecule has 1 aliphatic carbocycles. The van der Waals surface area contributed by atoms with Gasteiger partial charge in [0.1, 0.15) is 0 Å². The normalized spacial score (nSPS) is 18.6. The minimum Gasteiger partial charge on any atom is -0.345 e. The lowest BCUT2D eigenvalue weighted by molar-refractivity contribution is 0.0932. The molecule has 5 nitrogen and oxygen atoms in total. The van der Waals surface area contributed by atoms with Crippen molar-refractivity contribution in [2.24, 2.45) is 0 Å². The maximum atomic E-state index is 12.9. The Morgan fingerprint density at radius 2 is 1.45 bits per heavy atom. The summed E-state index contributed by atoms with van der Waals surface area (Å²) in [6.45, 7) is 1.19. The van der Waals surface area contributed by atoms with Gasteiger partial charge in [-0.2, -0.15) is 4.31 Å². The standard InChI is InChI=1S/C27H28N2O3S/c30-27(28-26-9-5-7-22-6-1-2-8-25(22)26)23-12-10-20(11-13-23)21-14-16-24(17-15-21)33(31,32)29-18-3-4-19-29/h1-2,6,8,10-17,26H,3-5,7,9,18-19H2,(H,28,30). The molecule has 0 radical (unpaired) electrons. The Labute approximate surface area is 195 Å². The second kappa shape index (κ2) is 9.12. The van der Waals surface area contributed by atoms with Crippen LogP contribution in [-0.4, -0.2) is 31.7 Å². The molecule has 3 aromatic carbocycles. The number of carbonyl (C=O) groups is 1. The van der Waals surface area contributed by atoms with Gasteiger partial charge in [0, 0.05) is 18.7 Å². The van der Waals surface area contributed by atoms with E-state index in [0.717, 1.165) is 43.2 Å². The van der Waals surface area contributed by atoms with E-state index in [-0.39, 0.29) is 11.9 Å². The van der Waals surface area contributed by atoms with E-state index in [0.29, 0.717) is 23.5 Å². The molecular formula is C27H28N2O3S. The second-order valence-electron chi connectivity index (χ2n) is 8.83. The molecule has 2 aliphatic rings. The maximum Gasteiger partial charge on any atom is 0.251 e. The van der Waals surface area contributed by atoms with E-state index < -0.39 is 10.0 Å². The average Bonchev–Trinajstić information content (AvgIpc) is 3.41. The fourth-order valence-electron chi connectivity index (χ4n) is 4.86. The van der Waals surface area contributed by atoms with Crippen LogP contribution >= 0.6 is 0 Å². The van der Waals surface area contributed by atoms with Crippen LogP contribution < -0.4 is 5.32 Å². The van der Waals surface area contributed by atoms with E-state index in [1.807, 2.05) is 42.5 Å². The molecule has 1 atom stereocenters. The molecular weight excluding hydrogens is 432 g/mol. The third-order valence-corrected chi connectivity index (χ3v) is 8.63. The van der Waals surface area contributed by atoms with Gasteiger partial charge in [0.2, 0.25) is 10.0 Å². The van der Waals surface area contributed by atoms with Crippen LogP contribution in [-0.2, 0) is 16.4 Å². The summed E-state index contributed by atoms with van der Waals surface area (Å²) >= 11 is 0. The van der Waals surface area contributed by atoms with Gasteiger partial charge in [-0.05, 0) is 78.6 Å². The molecule has 33 heavy (non-hydrogen) atoms.